The molecule has 4 rings (SSSR count). The number of thiazole rings is 1. The third-order valence-corrected chi connectivity index (χ3v) is 5.28. The molecule has 2 aromatic carbocycles. The fraction of sp³-hybridized carbons (Fsp3) is 0.167. The van der Waals surface area contributed by atoms with Crippen LogP contribution in [0.3, 0.4) is 0 Å². The van der Waals surface area contributed by atoms with E-state index in [1.165, 1.54) is 11.0 Å². The molecule has 10 heteroatoms. The number of carbonyl (C=O) groups is 1. The highest BCUT2D eigenvalue weighted by Crippen LogP contribution is 2.38. The Bertz CT molecular complexity index is 1170. The Labute approximate surface area is 161 Å². The van der Waals surface area contributed by atoms with Gasteiger partial charge in [0.15, 0.2) is 5.13 Å². The highest BCUT2D eigenvalue weighted by atomic mass is 32.1. The van der Waals surface area contributed by atoms with Crippen molar-refractivity contribution in [3.05, 3.63) is 48.2 Å². The largest absolute Gasteiger partial charge is 0.418 e. The normalized spacial score (nSPS) is 11.9. The third kappa shape index (κ3) is 3.50. The van der Waals surface area contributed by atoms with Gasteiger partial charge in [0.25, 0.3) is 0 Å². The average molecular weight is 405 g/mol. The number of benzene rings is 2. The maximum Gasteiger partial charge on any atom is 0.418 e. The minimum Gasteiger partial charge on any atom is -0.342 e. The van der Waals surface area contributed by atoms with Crippen molar-refractivity contribution in [3.63, 3.8) is 0 Å². The molecule has 2 aromatic heterocycles. The van der Waals surface area contributed by atoms with Crippen LogP contribution in [-0.4, -0.2) is 34.7 Å². The van der Waals surface area contributed by atoms with Gasteiger partial charge in [0, 0.05) is 18.1 Å². The first-order valence-electron chi connectivity index (χ1n) is 8.22. The number of nitrogens with one attached hydrogen (secondary N) is 2. The summed E-state index contributed by atoms with van der Waals surface area (Å²) in [6.45, 7) is -0.0534. The van der Waals surface area contributed by atoms with E-state index in [4.69, 9.17) is 0 Å². The van der Waals surface area contributed by atoms with Crippen molar-refractivity contribution in [2.24, 2.45) is 0 Å². The molecule has 0 saturated carbocycles. The van der Waals surface area contributed by atoms with Crippen LogP contribution < -0.4 is 10.2 Å². The lowest BCUT2D eigenvalue weighted by molar-refractivity contribution is -0.136. The smallest absolute Gasteiger partial charge is 0.342 e. The van der Waals surface area contributed by atoms with Crippen LogP contribution in [0.15, 0.2) is 42.6 Å². The fourth-order valence-electron chi connectivity index (χ4n) is 2.83. The summed E-state index contributed by atoms with van der Waals surface area (Å²) in [4.78, 5) is 18.0. The molecule has 6 nitrogen and oxygen atoms in total. The van der Waals surface area contributed by atoms with Gasteiger partial charge in [-0.05, 0) is 30.3 Å². The lowest BCUT2D eigenvalue weighted by Crippen LogP contribution is -2.29. The van der Waals surface area contributed by atoms with Gasteiger partial charge in [0.1, 0.15) is 0 Å². The summed E-state index contributed by atoms with van der Waals surface area (Å²) in [6.07, 6.45) is -2.80. The number of likely N-dealkylation sites (N-methyl/N-ethyl adjacent to an activating group) is 1. The predicted octanol–water partition coefficient (Wildman–Crippen LogP) is 4.27. The molecule has 0 saturated heterocycles. The second-order valence-electron chi connectivity index (χ2n) is 6.22. The van der Waals surface area contributed by atoms with Crippen LogP contribution in [0.5, 0.6) is 0 Å². The van der Waals surface area contributed by atoms with Gasteiger partial charge in [-0.25, -0.2) is 4.98 Å². The van der Waals surface area contributed by atoms with Gasteiger partial charge < -0.3 is 10.2 Å². The number of fused-ring (bicyclic) bond motifs is 2. The van der Waals surface area contributed by atoms with Crippen molar-refractivity contribution in [2.75, 3.05) is 23.8 Å². The first kappa shape index (κ1) is 18.2. The van der Waals surface area contributed by atoms with Gasteiger partial charge in [-0.1, -0.05) is 17.4 Å². The van der Waals surface area contributed by atoms with Crippen LogP contribution in [0.1, 0.15) is 5.56 Å². The molecular formula is C18H14F3N5OS. The molecule has 0 radical (unpaired) electrons. The number of rotatable bonds is 4. The quantitative estimate of drug-likeness (QED) is 0.532. The number of H-pyrrole nitrogens is 1. The van der Waals surface area contributed by atoms with E-state index in [0.29, 0.717) is 15.5 Å². The van der Waals surface area contributed by atoms with Crippen LogP contribution in [0.4, 0.5) is 24.0 Å². The van der Waals surface area contributed by atoms with Crippen LogP contribution in [-0.2, 0) is 11.0 Å². The van der Waals surface area contributed by atoms with Crippen molar-refractivity contribution in [3.8, 4) is 0 Å². The zero-order valence-electron chi connectivity index (χ0n) is 14.5. The van der Waals surface area contributed by atoms with E-state index in [1.54, 1.807) is 31.4 Å². The number of alkyl halides is 3. The van der Waals surface area contributed by atoms with E-state index in [-0.39, 0.29) is 18.0 Å². The van der Waals surface area contributed by atoms with E-state index < -0.39 is 11.7 Å². The van der Waals surface area contributed by atoms with Crippen molar-refractivity contribution in [2.45, 2.75) is 6.18 Å². The molecular weight excluding hydrogens is 391 g/mol. The number of amides is 1. The first-order valence-corrected chi connectivity index (χ1v) is 9.04. The van der Waals surface area contributed by atoms with Crippen molar-refractivity contribution < 1.29 is 18.0 Å². The number of halogens is 3. The minimum absolute atomic E-state index is 0.0534. The number of carbonyl (C=O) groups excluding carboxylic acids is 1. The maximum absolute atomic E-state index is 13.1. The molecule has 1 amide bonds. The average Bonchev–Trinajstić information content (AvgIpc) is 3.26. The molecule has 0 unspecified atom stereocenters. The minimum atomic E-state index is -4.48. The van der Waals surface area contributed by atoms with Gasteiger partial charge in [-0.2, -0.15) is 18.3 Å². The number of aromatic nitrogens is 3. The van der Waals surface area contributed by atoms with Crippen LogP contribution >= 0.6 is 11.3 Å². The molecule has 28 heavy (non-hydrogen) atoms. The summed E-state index contributed by atoms with van der Waals surface area (Å²) < 4.78 is 39.9. The number of hydrogen-bond acceptors (Lipinski definition) is 5. The molecule has 4 aromatic rings. The van der Waals surface area contributed by atoms with Crippen molar-refractivity contribution in [1.82, 2.24) is 15.2 Å². The highest BCUT2D eigenvalue weighted by molar-refractivity contribution is 7.22. The Balaban J connectivity index is 1.51. The summed E-state index contributed by atoms with van der Waals surface area (Å²) in [7, 11) is 1.61. The lowest BCUT2D eigenvalue weighted by atomic mass is 10.2. The summed E-state index contributed by atoms with van der Waals surface area (Å²) in [5, 5.41) is 10.8. The van der Waals surface area contributed by atoms with Gasteiger partial charge in [-0.3, -0.25) is 9.89 Å². The number of anilines is 2. The molecule has 0 fully saturated rings. The van der Waals surface area contributed by atoms with E-state index in [2.05, 4.69) is 20.5 Å². The Morgan fingerprint density at radius 2 is 2.11 bits per heavy atom. The topological polar surface area (TPSA) is 73.9 Å². The molecule has 0 aliphatic rings. The molecule has 0 aliphatic heterocycles. The molecule has 2 heterocycles. The number of nitrogens with zero attached hydrogens (tertiary/aromatic N) is 3. The second-order valence-corrected chi connectivity index (χ2v) is 7.23. The predicted molar refractivity (Wildman–Crippen MR) is 103 cm³/mol. The molecule has 144 valence electrons. The van der Waals surface area contributed by atoms with Gasteiger partial charge in [0.2, 0.25) is 5.91 Å². The summed E-state index contributed by atoms with van der Waals surface area (Å²) >= 11 is 1.11. The monoisotopic (exact) mass is 405 g/mol. The number of para-hydroxylation sites is 1. The Kier molecular flexibility index (Phi) is 4.42. The molecule has 0 bridgehead atoms. The summed E-state index contributed by atoms with van der Waals surface area (Å²) in [5.41, 5.74) is 0.501. The Hall–Kier alpha value is -3.14. The van der Waals surface area contributed by atoms with E-state index >= 15 is 0 Å². The fourth-order valence-corrected chi connectivity index (χ4v) is 3.78. The molecule has 0 atom stereocenters. The van der Waals surface area contributed by atoms with Gasteiger partial charge in [0.05, 0.1) is 34.0 Å². The maximum atomic E-state index is 13.1. The summed E-state index contributed by atoms with van der Waals surface area (Å²) in [5.74, 6) is -0.309. The lowest BCUT2D eigenvalue weighted by Gasteiger charge is -2.15. The third-order valence-electron chi connectivity index (χ3n) is 4.15. The van der Waals surface area contributed by atoms with Crippen LogP contribution in [0.2, 0.25) is 0 Å². The van der Waals surface area contributed by atoms with Gasteiger partial charge in [-0.15, -0.1) is 0 Å². The number of hydrogen-bond donors (Lipinski definition) is 2. The van der Waals surface area contributed by atoms with Crippen LogP contribution in [0, 0.1) is 0 Å². The van der Waals surface area contributed by atoms with Crippen molar-refractivity contribution in [1.29, 1.82) is 0 Å². The standard InChI is InChI=1S/C18H14F3N5OS/c1-26(9-15(27)23-11-6-5-10-8-22-25-13(10)7-11)17-24-16-12(18(19,20)21)3-2-4-14(16)28-17/h2-8H,9H2,1H3,(H,22,25)(H,23,27). The van der Waals surface area contributed by atoms with E-state index in [1.807, 2.05) is 6.07 Å². The van der Waals surface area contributed by atoms with Gasteiger partial charge >= 0.3 is 6.18 Å². The number of aromatic amines is 1. The molecule has 0 spiro atoms. The zero-order chi connectivity index (χ0) is 19.9. The Morgan fingerprint density at radius 3 is 2.89 bits per heavy atom. The first-order chi connectivity index (χ1) is 13.3. The zero-order valence-corrected chi connectivity index (χ0v) is 15.4. The molecule has 2 N–H and O–H groups in total. The second kappa shape index (κ2) is 6.79. The highest BCUT2D eigenvalue weighted by Gasteiger charge is 2.34. The van der Waals surface area contributed by atoms with Crippen LogP contribution in [0.25, 0.3) is 21.1 Å². The Morgan fingerprint density at radius 1 is 1.29 bits per heavy atom. The van der Waals surface area contributed by atoms with E-state index in [0.717, 1.165) is 28.3 Å². The molecule has 0 aliphatic carbocycles. The van der Waals surface area contributed by atoms with Crippen molar-refractivity contribution >= 4 is 49.2 Å². The summed E-state index contributed by atoms with van der Waals surface area (Å²) in [6, 6.07) is 9.27. The SMILES string of the molecule is CN(CC(=O)Nc1ccc2cn[nH]c2c1)c1nc2c(C(F)(F)F)cccc2s1. The van der Waals surface area contributed by atoms with E-state index in [9.17, 15) is 18.0 Å².